The lowest BCUT2D eigenvalue weighted by Gasteiger charge is -2.34. The number of carbonyl (C=O) groups is 1. The quantitative estimate of drug-likeness (QED) is 0.826. The number of H-pyrrole nitrogens is 1. The number of nitrogens with zero attached hydrogens (tertiary/aromatic N) is 1. The van der Waals surface area contributed by atoms with Gasteiger partial charge in [-0.3, -0.25) is 9.59 Å². The van der Waals surface area contributed by atoms with Crippen molar-refractivity contribution in [2.24, 2.45) is 0 Å². The third-order valence-electron chi connectivity index (χ3n) is 3.80. The van der Waals surface area contributed by atoms with E-state index in [1.165, 1.54) is 24.3 Å². The normalized spacial score (nSPS) is 19.0. The van der Waals surface area contributed by atoms with Gasteiger partial charge in [-0.05, 0) is 25.1 Å². The number of carbonyl (C=O) groups excluding carboxylic acids is 1. The Morgan fingerprint density at radius 1 is 1.38 bits per heavy atom. The first kappa shape index (κ1) is 13.8. The highest BCUT2D eigenvalue weighted by Gasteiger charge is 2.25. The van der Waals surface area contributed by atoms with E-state index in [9.17, 15) is 14.0 Å². The van der Waals surface area contributed by atoms with Gasteiger partial charge in [-0.1, -0.05) is 0 Å². The van der Waals surface area contributed by atoms with E-state index < -0.39 is 5.82 Å². The number of aromatic amines is 1. The van der Waals surface area contributed by atoms with Crippen molar-refractivity contribution in [2.75, 3.05) is 19.6 Å². The van der Waals surface area contributed by atoms with Crippen molar-refractivity contribution < 1.29 is 9.18 Å². The van der Waals surface area contributed by atoms with E-state index in [1.807, 2.05) is 6.92 Å². The molecule has 1 aliphatic heterocycles. The van der Waals surface area contributed by atoms with Crippen LogP contribution >= 0.6 is 0 Å². The molecule has 6 heteroatoms. The fourth-order valence-electron chi connectivity index (χ4n) is 2.70. The first-order valence-corrected chi connectivity index (χ1v) is 6.90. The molecule has 2 N–H and O–H groups in total. The van der Waals surface area contributed by atoms with Crippen LogP contribution in [-0.4, -0.2) is 41.5 Å². The Bertz CT molecular complexity index is 756. The van der Waals surface area contributed by atoms with Gasteiger partial charge < -0.3 is 15.2 Å². The molecule has 0 unspecified atom stereocenters. The van der Waals surface area contributed by atoms with Crippen LogP contribution in [0.5, 0.6) is 0 Å². The molecule has 1 aliphatic rings. The molecule has 0 radical (unpaired) electrons. The summed E-state index contributed by atoms with van der Waals surface area (Å²) in [6.45, 7) is 3.94. The number of pyridine rings is 1. The Morgan fingerprint density at radius 2 is 2.19 bits per heavy atom. The number of fused-ring (bicyclic) bond motifs is 1. The first-order valence-electron chi connectivity index (χ1n) is 6.90. The van der Waals surface area contributed by atoms with Gasteiger partial charge in [-0.2, -0.15) is 0 Å². The molecule has 1 atom stereocenters. The van der Waals surface area contributed by atoms with Crippen molar-refractivity contribution in [3.8, 4) is 0 Å². The second-order valence-corrected chi connectivity index (χ2v) is 5.29. The molecule has 1 amide bonds. The molecule has 110 valence electrons. The lowest BCUT2D eigenvalue weighted by atomic mass is 10.1. The molecule has 5 nitrogen and oxygen atoms in total. The summed E-state index contributed by atoms with van der Waals surface area (Å²) in [6, 6.07) is 5.31. The molecule has 1 aromatic heterocycles. The van der Waals surface area contributed by atoms with E-state index in [-0.39, 0.29) is 23.1 Å². The standard InChI is InChI=1S/C15H16FN3O2/c1-9-8-17-4-5-19(9)15(21)12-7-14(20)18-13-3-2-10(16)6-11(12)13/h2-3,6-7,9,17H,4-5,8H2,1H3,(H,18,20)/t9-/m1/s1. The Hall–Kier alpha value is -2.21. The summed E-state index contributed by atoms with van der Waals surface area (Å²) in [7, 11) is 0. The number of hydrogen-bond acceptors (Lipinski definition) is 3. The van der Waals surface area contributed by atoms with Gasteiger partial charge in [0, 0.05) is 42.6 Å². The van der Waals surface area contributed by atoms with E-state index in [1.54, 1.807) is 4.90 Å². The molecular formula is C15H16FN3O2. The molecule has 0 spiro atoms. The fourth-order valence-corrected chi connectivity index (χ4v) is 2.70. The molecule has 0 saturated carbocycles. The number of hydrogen-bond donors (Lipinski definition) is 2. The lowest BCUT2D eigenvalue weighted by molar-refractivity contribution is 0.0657. The van der Waals surface area contributed by atoms with Gasteiger partial charge in [-0.15, -0.1) is 0 Å². The van der Waals surface area contributed by atoms with Gasteiger partial charge >= 0.3 is 0 Å². The Kier molecular flexibility index (Phi) is 3.47. The van der Waals surface area contributed by atoms with Crippen LogP contribution in [-0.2, 0) is 0 Å². The summed E-state index contributed by atoms with van der Waals surface area (Å²) >= 11 is 0. The van der Waals surface area contributed by atoms with Crippen molar-refractivity contribution in [3.63, 3.8) is 0 Å². The van der Waals surface area contributed by atoms with Gasteiger partial charge in [0.15, 0.2) is 0 Å². The SMILES string of the molecule is C[C@@H]1CNCCN1C(=O)c1cc(=O)[nH]c2ccc(F)cc12. The topological polar surface area (TPSA) is 65.2 Å². The predicted octanol–water partition coefficient (Wildman–Crippen LogP) is 1.10. The van der Waals surface area contributed by atoms with Crippen LogP contribution in [0.2, 0.25) is 0 Å². The maximum Gasteiger partial charge on any atom is 0.255 e. The van der Waals surface area contributed by atoms with Crippen molar-refractivity contribution in [2.45, 2.75) is 13.0 Å². The van der Waals surface area contributed by atoms with Crippen LogP contribution in [0.25, 0.3) is 10.9 Å². The molecule has 0 bridgehead atoms. The zero-order chi connectivity index (χ0) is 15.0. The third-order valence-corrected chi connectivity index (χ3v) is 3.80. The summed E-state index contributed by atoms with van der Waals surface area (Å²) in [4.78, 5) is 28.8. The molecule has 0 aliphatic carbocycles. The average Bonchev–Trinajstić information content (AvgIpc) is 2.47. The smallest absolute Gasteiger partial charge is 0.255 e. The van der Waals surface area contributed by atoms with Crippen LogP contribution in [0.15, 0.2) is 29.1 Å². The number of benzene rings is 1. The number of amides is 1. The summed E-state index contributed by atoms with van der Waals surface area (Å²) < 4.78 is 13.5. The number of halogens is 1. The second-order valence-electron chi connectivity index (χ2n) is 5.29. The minimum Gasteiger partial charge on any atom is -0.333 e. The van der Waals surface area contributed by atoms with Gasteiger partial charge in [0.25, 0.3) is 5.91 Å². The Labute approximate surface area is 120 Å². The van der Waals surface area contributed by atoms with Crippen LogP contribution in [0.3, 0.4) is 0 Å². The summed E-state index contributed by atoms with van der Waals surface area (Å²) in [5, 5.41) is 3.64. The summed E-state index contributed by atoms with van der Waals surface area (Å²) in [5.41, 5.74) is 0.359. The van der Waals surface area contributed by atoms with Crippen molar-refractivity contribution in [1.29, 1.82) is 0 Å². The van der Waals surface area contributed by atoms with Gasteiger partial charge in [0.2, 0.25) is 5.56 Å². The predicted molar refractivity (Wildman–Crippen MR) is 77.9 cm³/mol. The number of piperazine rings is 1. The summed E-state index contributed by atoms with van der Waals surface area (Å²) in [5.74, 6) is -0.664. The highest BCUT2D eigenvalue weighted by molar-refractivity contribution is 6.06. The maximum absolute atomic E-state index is 13.5. The highest BCUT2D eigenvalue weighted by Crippen LogP contribution is 2.19. The van der Waals surface area contributed by atoms with Crippen LogP contribution in [0, 0.1) is 5.82 Å². The molecule has 2 heterocycles. The number of rotatable bonds is 1. The largest absolute Gasteiger partial charge is 0.333 e. The minimum absolute atomic E-state index is 0.0362. The molecule has 1 aromatic carbocycles. The second kappa shape index (κ2) is 5.29. The van der Waals surface area contributed by atoms with Crippen molar-refractivity contribution in [1.82, 2.24) is 15.2 Å². The molecular weight excluding hydrogens is 273 g/mol. The highest BCUT2D eigenvalue weighted by atomic mass is 19.1. The average molecular weight is 289 g/mol. The van der Waals surface area contributed by atoms with Crippen LogP contribution < -0.4 is 10.9 Å². The monoisotopic (exact) mass is 289 g/mol. The molecule has 3 rings (SSSR count). The maximum atomic E-state index is 13.5. The zero-order valence-electron chi connectivity index (χ0n) is 11.6. The van der Waals surface area contributed by atoms with E-state index in [0.29, 0.717) is 30.5 Å². The first-order chi connectivity index (χ1) is 10.1. The number of aromatic nitrogens is 1. The zero-order valence-corrected chi connectivity index (χ0v) is 11.6. The molecule has 2 aromatic rings. The molecule has 1 saturated heterocycles. The van der Waals surface area contributed by atoms with E-state index in [0.717, 1.165) is 0 Å². The Balaban J connectivity index is 2.12. The summed E-state index contributed by atoms with van der Waals surface area (Å²) in [6.07, 6.45) is 0. The minimum atomic E-state index is -0.433. The number of nitrogens with one attached hydrogen (secondary N) is 2. The fraction of sp³-hybridized carbons (Fsp3) is 0.333. The van der Waals surface area contributed by atoms with Gasteiger partial charge in [-0.25, -0.2) is 4.39 Å². The van der Waals surface area contributed by atoms with E-state index in [2.05, 4.69) is 10.3 Å². The van der Waals surface area contributed by atoms with Gasteiger partial charge in [0.1, 0.15) is 5.82 Å². The van der Waals surface area contributed by atoms with Crippen molar-refractivity contribution in [3.05, 3.63) is 46.0 Å². The van der Waals surface area contributed by atoms with Gasteiger partial charge in [0.05, 0.1) is 5.56 Å². The molecule has 21 heavy (non-hydrogen) atoms. The lowest BCUT2D eigenvalue weighted by Crippen LogP contribution is -2.52. The third kappa shape index (κ3) is 2.54. The van der Waals surface area contributed by atoms with Crippen molar-refractivity contribution >= 4 is 16.8 Å². The van der Waals surface area contributed by atoms with E-state index >= 15 is 0 Å². The van der Waals surface area contributed by atoms with Crippen LogP contribution in [0.1, 0.15) is 17.3 Å². The van der Waals surface area contributed by atoms with Crippen LogP contribution in [0.4, 0.5) is 4.39 Å². The van der Waals surface area contributed by atoms with E-state index in [4.69, 9.17) is 0 Å². The Morgan fingerprint density at radius 3 is 2.95 bits per heavy atom. The molecule has 1 fully saturated rings.